The average Bonchev–Trinajstić information content (AvgIpc) is 3.35. The van der Waals surface area contributed by atoms with Gasteiger partial charge >= 0.3 is 8.25 Å². The van der Waals surface area contributed by atoms with Gasteiger partial charge in [0.15, 0.2) is 0 Å². The van der Waals surface area contributed by atoms with Crippen LogP contribution in [-0.2, 0) is 32.8 Å². The molecule has 1 aromatic heterocycles. The van der Waals surface area contributed by atoms with Gasteiger partial charge in [0.1, 0.15) is 12.4 Å². The third kappa shape index (κ3) is 3.60. The van der Waals surface area contributed by atoms with E-state index in [1.807, 2.05) is 13.0 Å². The molecular formula is C18H19N4O5P. The Hall–Kier alpha value is -2.50. The number of hydrogen-bond donors (Lipinski definition) is 2. The summed E-state index contributed by atoms with van der Waals surface area (Å²) in [5, 5.41) is 18.9. The monoisotopic (exact) mass is 402 g/mol. The standard InChI is InChI=1S/C18H19N4O5P/c1-12-2-5-16-15(8-12)18(24,7-6-13-3-4-13)17(23)22(16)10-14-9-21(20-19-14)11-27-28(25)26/h2,5,8-9,13,24,28H,3-4,10-11H2,1H3,(H,25,26). The molecule has 2 heterocycles. The van der Waals surface area contributed by atoms with Crippen molar-refractivity contribution in [3.8, 4) is 11.8 Å². The molecule has 0 radical (unpaired) electrons. The van der Waals surface area contributed by atoms with Crippen LogP contribution in [-0.4, -0.2) is 30.9 Å². The lowest BCUT2D eigenvalue weighted by Gasteiger charge is -2.17. The van der Waals surface area contributed by atoms with E-state index < -0.39 is 19.8 Å². The first-order chi connectivity index (χ1) is 13.4. The fourth-order valence-corrected chi connectivity index (χ4v) is 3.31. The lowest BCUT2D eigenvalue weighted by Crippen LogP contribution is -2.39. The molecule has 4 rings (SSSR count). The number of carbonyl (C=O) groups excluding carboxylic acids is 1. The summed E-state index contributed by atoms with van der Waals surface area (Å²) >= 11 is 0. The van der Waals surface area contributed by atoms with E-state index in [-0.39, 0.29) is 19.2 Å². The number of rotatable bonds is 5. The molecule has 1 saturated carbocycles. The van der Waals surface area contributed by atoms with Gasteiger partial charge in [-0.05, 0) is 31.9 Å². The average molecular weight is 402 g/mol. The molecule has 0 bridgehead atoms. The van der Waals surface area contributed by atoms with Crippen LogP contribution in [0.4, 0.5) is 5.69 Å². The molecular weight excluding hydrogens is 383 g/mol. The summed E-state index contributed by atoms with van der Waals surface area (Å²) in [5.41, 5.74) is 0.539. The van der Waals surface area contributed by atoms with Crippen LogP contribution in [0.5, 0.6) is 0 Å². The maximum absolute atomic E-state index is 13.1. The van der Waals surface area contributed by atoms with Gasteiger partial charge in [-0.15, -0.1) is 5.10 Å². The highest BCUT2D eigenvalue weighted by Crippen LogP contribution is 2.41. The number of aromatic nitrogens is 3. The van der Waals surface area contributed by atoms with Gasteiger partial charge < -0.3 is 14.9 Å². The van der Waals surface area contributed by atoms with Crippen LogP contribution in [0.3, 0.4) is 0 Å². The number of nitrogens with zero attached hydrogens (tertiary/aromatic N) is 4. The summed E-state index contributed by atoms with van der Waals surface area (Å²) in [5.74, 6) is 5.53. The van der Waals surface area contributed by atoms with Gasteiger partial charge in [-0.3, -0.25) is 13.9 Å². The highest BCUT2D eigenvalue weighted by atomic mass is 31.1. The van der Waals surface area contributed by atoms with Gasteiger partial charge in [0.05, 0.1) is 18.4 Å². The van der Waals surface area contributed by atoms with Crippen LogP contribution in [0.2, 0.25) is 0 Å². The predicted octanol–water partition coefficient (Wildman–Crippen LogP) is 1.09. The van der Waals surface area contributed by atoms with Crippen molar-refractivity contribution in [1.29, 1.82) is 0 Å². The third-order valence-electron chi connectivity index (χ3n) is 4.65. The predicted molar refractivity (Wildman–Crippen MR) is 99.1 cm³/mol. The van der Waals surface area contributed by atoms with Crippen molar-refractivity contribution in [2.45, 2.75) is 38.6 Å². The van der Waals surface area contributed by atoms with Gasteiger partial charge in [-0.2, -0.15) is 0 Å². The first kappa shape index (κ1) is 18.8. The van der Waals surface area contributed by atoms with Gasteiger partial charge in [0.25, 0.3) is 5.91 Å². The van der Waals surface area contributed by atoms with Crippen molar-refractivity contribution < 1.29 is 23.9 Å². The van der Waals surface area contributed by atoms with E-state index in [0.29, 0.717) is 16.9 Å². The van der Waals surface area contributed by atoms with E-state index in [1.165, 1.54) is 15.8 Å². The lowest BCUT2D eigenvalue weighted by atomic mass is 9.94. The molecule has 0 spiro atoms. The van der Waals surface area contributed by atoms with E-state index in [2.05, 4.69) is 26.7 Å². The fraction of sp³-hybridized carbons (Fsp3) is 0.389. The zero-order chi connectivity index (χ0) is 19.9. The number of amides is 1. The quantitative estimate of drug-likeness (QED) is 0.568. The molecule has 2 atom stereocenters. The summed E-state index contributed by atoms with van der Waals surface area (Å²) in [4.78, 5) is 23.2. The van der Waals surface area contributed by atoms with Crippen molar-refractivity contribution in [2.75, 3.05) is 4.90 Å². The van der Waals surface area contributed by atoms with E-state index >= 15 is 0 Å². The Balaban J connectivity index is 1.62. The molecule has 2 unspecified atom stereocenters. The highest BCUT2D eigenvalue weighted by molar-refractivity contribution is 7.32. The highest BCUT2D eigenvalue weighted by Gasteiger charge is 2.49. The Bertz CT molecular complexity index is 1020. The maximum atomic E-state index is 13.1. The van der Waals surface area contributed by atoms with Crippen molar-refractivity contribution in [2.24, 2.45) is 5.92 Å². The molecule has 2 aliphatic rings. The molecule has 1 amide bonds. The summed E-state index contributed by atoms with van der Waals surface area (Å²) in [6.45, 7) is 1.75. The molecule has 28 heavy (non-hydrogen) atoms. The Morgan fingerprint density at radius 3 is 2.93 bits per heavy atom. The van der Waals surface area contributed by atoms with Gasteiger partial charge in [0, 0.05) is 11.5 Å². The minimum absolute atomic E-state index is 0.0800. The summed E-state index contributed by atoms with van der Waals surface area (Å²) in [6, 6.07) is 5.42. The van der Waals surface area contributed by atoms with E-state index in [0.717, 1.165) is 18.4 Å². The van der Waals surface area contributed by atoms with Crippen LogP contribution in [0.25, 0.3) is 0 Å². The molecule has 10 heteroatoms. The largest absolute Gasteiger partial charge is 0.366 e. The second-order valence-corrected chi connectivity index (χ2v) is 7.78. The molecule has 2 aromatic rings. The first-order valence-electron chi connectivity index (χ1n) is 8.80. The Morgan fingerprint density at radius 2 is 2.21 bits per heavy atom. The Labute approximate surface area is 161 Å². The van der Waals surface area contributed by atoms with Crippen molar-refractivity contribution in [1.82, 2.24) is 15.0 Å². The smallest absolute Gasteiger partial charge is 0.318 e. The second kappa shape index (κ2) is 7.15. The van der Waals surface area contributed by atoms with Crippen LogP contribution in [0.1, 0.15) is 29.7 Å². The number of anilines is 1. The summed E-state index contributed by atoms with van der Waals surface area (Å²) < 4.78 is 16.5. The summed E-state index contributed by atoms with van der Waals surface area (Å²) in [7, 11) is -3.07. The molecule has 0 saturated heterocycles. The van der Waals surface area contributed by atoms with Gasteiger partial charge in [-0.25, -0.2) is 4.68 Å². The first-order valence-corrected chi connectivity index (χ1v) is 10.1. The number of hydrogen-bond acceptors (Lipinski definition) is 6. The van der Waals surface area contributed by atoms with Crippen LogP contribution in [0, 0.1) is 24.7 Å². The number of aryl methyl sites for hydroxylation is 1. The molecule has 1 fully saturated rings. The van der Waals surface area contributed by atoms with E-state index in [1.54, 1.807) is 12.1 Å². The minimum atomic E-state index is -3.07. The number of fused-ring (bicyclic) bond motifs is 1. The molecule has 2 N–H and O–H groups in total. The van der Waals surface area contributed by atoms with E-state index in [9.17, 15) is 14.5 Å². The van der Waals surface area contributed by atoms with Gasteiger partial charge in [-0.1, -0.05) is 28.7 Å². The fourth-order valence-electron chi connectivity index (χ4n) is 3.06. The topological polar surface area (TPSA) is 118 Å². The summed E-state index contributed by atoms with van der Waals surface area (Å²) in [6.07, 6.45) is 3.50. The zero-order valence-electron chi connectivity index (χ0n) is 15.1. The minimum Gasteiger partial charge on any atom is -0.366 e. The van der Waals surface area contributed by atoms with Crippen molar-refractivity contribution in [3.63, 3.8) is 0 Å². The number of carbonyl (C=O) groups is 1. The van der Waals surface area contributed by atoms with Crippen molar-refractivity contribution >= 4 is 19.8 Å². The molecule has 146 valence electrons. The zero-order valence-corrected chi connectivity index (χ0v) is 16.1. The lowest BCUT2D eigenvalue weighted by molar-refractivity contribution is -0.130. The molecule has 1 aliphatic heterocycles. The second-order valence-electron chi connectivity index (χ2n) is 6.95. The molecule has 9 nitrogen and oxygen atoms in total. The van der Waals surface area contributed by atoms with Crippen LogP contribution in [0.15, 0.2) is 24.4 Å². The maximum Gasteiger partial charge on any atom is 0.318 e. The Kier molecular flexibility index (Phi) is 4.81. The normalized spacial score (nSPS) is 22.0. The van der Waals surface area contributed by atoms with Gasteiger partial charge in [0.2, 0.25) is 5.60 Å². The SMILES string of the molecule is Cc1ccc2c(c1)C(O)(C#CC1CC1)C(=O)N2Cc1cn(CO[PH](=O)O)nn1. The molecule has 1 aromatic carbocycles. The third-order valence-corrected chi connectivity index (χ3v) is 5.02. The number of aliphatic hydroxyl groups is 1. The molecule has 1 aliphatic carbocycles. The van der Waals surface area contributed by atoms with Crippen molar-refractivity contribution in [3.05, 3.63) is 41.2 Å². The Morgan fingerprint density at radius 1 is 1.43 bits per heavy atom. The van der Waals surface area contributed by atoms with Crippen LogP contribution >= 0.6 is 8.25 Å². The number of benzene rings is 1. The van der Waals surface area contributed by atoms with E-state index in [4.69, 9.17) is 4.89 Å². The van der Waals surface area contributed by atoms with Crippen LogP contribution < -0.4 is 4.90 Å².